The van der Waals surface area contributed by atoms with E-state index in [1.807, 2.05) is 0 Å². The highest BCUT2D eigenvalue weighted by atomic mass is 16.5. The maximum absolute atomic E-state index is 5.22. The zero-order chi connectivity index (χ0) is 9.40. The van der Waals surface area contributed by atoms with E-state index in [0.717, 1.165) is 0 Å². The van der Waals surface area contributed by atoms with Gasteiger partial charge in [0.15, 0.2) is 0 Å². The van der Waals surface area contributed by atoms with Crippen molar-refractivity contribution in [3.8, 4) is 0 Å². The molecule has 0 radical (unpaired) electrons. The zero-order valence-electron chi connectivity index (χ0n) is 8.84. The number of hydrogen-bond acceptors (Lipinski definition) is 1. The van der Waals surface area contributed by atoms with Gasteiger partial charge in [0.1, 0.15) is 0 Å². The fourth-order valence-electron chi connectivity index (χ4n) is 1.00. The predicted octanol–water partition coefficient (Wildman–Crippen LogP) is 3.40. The molecule has 2 atom stereocenters. The van der Waals surface area contributed by atoms with Crippen LogP contribution in [0.1, 0.15) is 40.0 Å². The largest absolute Gasteiger partial charge is 0.381 e. The third-order valence-corrected chi connectivity index (χ3v) is 2.28. The van der Waals surface area contributed by atoms with Crippen LogP contribution >= 0.6 is 0 Å². The molecule has 0 unspecified atom stereocenters. The van der Waals surface area contributed by atoms with Crippen molar-refractivity contribution in [2.75, 3.05) is 7.11 Å². The number of methoxy groups -OCH3 is 1. The minimum atomic E-state index is 0.336. The molecule has 1 nitrogen and oxygen atoms in total. The molecular formula is C11H22O. The van der Waals surface area contributed by atoms with Gasteiger partial charge < -0.3 is 4.74 Å². The van der Waals surface area contributed by atoms with Gasteiger partial charge in [-0.1, -0.05) is 38.8 Å². The normalized spacial score (nSPS) is 16.7. The number of ether oxygens (including phenoxy) is 1. The van der Waals surface area contributed by atoms with Crippen molar-refractivity contribution in [2.45, 2.75) is 46.1 Å². The van der Waals surface area contributed by atoms with Gasteiger partial charge in [0.25, 0.3) is 0 Å². The van der Waals surface area contributed by atoms with Crippen LogP contribution in [0.25, 0.3) is 0 Å². The minimum absolute atomic E-state index is 0.336. The van der Waals surface area contributed by atoms with Crippen LogP contribution in [0.15, 0.2) is 12.2 Å². The lowest BCUT2D eigenvalue weighted by atomic mass is 10.1. The number of hydrogen-bond donors (Lipinski definition) is 0. The summed E-state index contributed by atoms with van der Waals surface area (Å²) < 4.78 is 5.22. The molecule has 0 bridgehead atoms. The van der Waals surface area contributed by atoms with Crippen molar-refractivity contribution in [1.29, 1.82) is 0 Å². The molecule has 0 N–H and O–H groups in total. The first-order valence-corrected chi connectivity index (χ1v) is 4.91. The molecule has 0 spiro atoms. The van der Waals surface area contributed by atoms with E-state index in [-0.39, 0.29) is 0 Å². The second kappa shape index (κ2) is 7.35. The Balaban J connectivity index is 3.52. The van der Waals surface area contributed by atoms with Crippen LogP contribution in [0, 0.1) is 5.92 Å². The van der Waals surface area contributed by atoms with Gasteiger partial charge in [-0.2, -0.15) is 0 Å². The number of allylic oxidation sites excluding steroid dienone is 1. The molecule has 0 fully saturated rings. The van der Waals surface area contributed by atoms with Crippen molar-refractivity contribution < 1.29 is 4.74 Å². The van der Waals surface area contributed by atoms with Gasteiger partial charge in [0.2, 0.25) is 0 Å². The molecule has 0 aliphatic heterocycles. The molecule has 0 saturated carbocycles. The van der Waals surface area contributed by atoms with E-state index in [1.54, 1.807) is 7.11 Å². The topological polar surface area (TPSA) is 9.23 Å². The Morgan fingerprint density at radius 1 is 1.33 bits per heavy atom. The highest BCUT2D eigenvalue weighted by molar-refractivity contribution is 4.88. The third-order valence-electron chi connectivity index (χ3n) is 2.28. The molecule has 1 heteroatoms. The predicted molar refractivity (Wildman–Crippen MR) is 54.3 cm³/mol. The van der Waals surface area contributed by atoms with E-state index in [1.165, 1.54) is 19.3 Å². The molecule has 0 amide bonds. The highest BCUT2D eigenvalue weighted by Crippen LogP contribution is 2.08. The van der Waals surface area contributed by atoms with Gasteiger partial charge in [-0.25, -0.2) is 0 Å². The molecule has 0 aromatic carbocycles. The maximum atomic E-state index is 5.22. The fourth-order valence-corrected chi connectivity index (χ4v) is 1.00. The average molecular weight is 170 g/mol. The Hall–Kier alpha value is -0.300. The van der Waals surface area contributed by atoms with Gasteiger partial charge >= 0.3 is 0 Å². The molecule has 0 heterocycles. The lowest BCUT2D eigenvalue weighted by molar-refractivity contribution is 0.0898. The molecule has 0 rings (SSSR count). The fraction of sp³-hybridized carbons (Fsp3) is 0.818. The molecule has 0 aromatic rings. The van der Waals surface area contributed by atoms with E-state index >= 15 is 0 Å². The number of rotatable bonds is 6. The summed E-state index contributed by atoms with van der Waals surface area (Å²) in [6.45, 7) is 6.51. The Morgan fingerprint density at radius 2 is 2.00 bits per heavy atom. The molecular weight excluding hydrogens is 148 g/mol. The van der Waals surface area contributed by atoms with Crippen molar-refractivity contribution in [3.63, 3.8) is 0 Å². The summed E-state index contributed by atoms with van der Waals surface area (Å²) in [6, 6.07) is 0. The molecule has 0 saturated heterocycles. The molecule has 0 aromatic heterocycles. The van der Waals surface area contributed by atoms with Crippen LogP contribution in [0.4, 0.5) is 0 Å². The summed E-state index contributed by atoms with van der Waals surface area (Å²) in [6.07, 6.45) is 8.64. The second-order valence-electron chi connectivity index (χ2n) is 3.37. The Kier molecular flexibility index (Phi) is 7.17. The zero-order valence-corrected chi connectivity index (χ0v) is 8.84. The van der Waals surface area contributed by atoms with Crippen molar-refractivity contribution in [1.82, 2.24) is 0 Å². The SMILES string of the molecule is CCCC/C=C/[C@H](C)[C@H](C)OC. The van der Waals surface area contributed by atoms with Crippen LogP contribution in [0.3, 0.4) is 0 Å². The maximum Gasteiger partial charge on any atom is 0.0603 e. The number of unbranched alkanes of at least 4 members (excludes halogenated alkanes) is 2. The molecule has 0 aliphatic rings. The Bertz CT molecular complexity index is 118. The summed E-state index contributed by atoms with van der Waals surface area (Å²) in [4.78, 5) is 0. The highest BCUT2D eigenvalue weighted by Gasteiger charge is 2.05. The summed E-state index contributed by atoms with van der Waals surface area (Å²) in [7, 11) is 1.76. The van der Waals surface area contributed by atoms with E-state index in [9.17, 15) is 0 Å². The second-order valence-corrected chi connectivity index (χ2v) is 3.37. The summed E-state index contributed by atoms with van der Waals surface area (Å²) >= 11 is 0. The van der Waals surface area contributed by atoms with Gasteiger partial charge in [0.05, 0.1) is 6.10 Å². The van der Waals surface area contributed by atoms with Crippen molar-refractivity contribution in [3.05, 3.63) is 12.2 Å². The van der Waals surface area contributed by atoms with Crippen molar-refractivity contribution in [2.24, 2.45) is 5.92 Å². The Morgan fingerprint density at radius 3 is 2.50 bits per heavy atom. The van der Waals surface area contributed by atoms with E-state index in [4.69, 9.17) is 4.74 Å². The van der Waals surface area contributed by atoms with Gasteiger partial charge in [0, 0.05) is 7.11 Å². The lowest BCUT2D eigenvalue weighted by Crippen LogP contribution is -2.13. The average Bonchev–Trinajstić information content (AvgIpc) is 2.10. The standard InChI is InChI=1S/C11H22O/c1-5-6-7-8-9-10(2)11(3)12-4/h8-11H,5-7H2,1-4H3/b9-8+/t10-,11-/m0/s1. The summed E-state index contributed by atoms with van der Waals surface area (Å²) in [5.41, 5.74) is 0. The van der Waals surface area contributed by atoms with Gasteiger partial charge in [-0.05, 0) is 19.3 Å². The first kappa shape index (κ1) is 11.7. The molecule has 72 valence electrons. The summed E-state index contributed by atoms with van der Waals surface area (Å²) in [5.74, 6) is 0.534. The molecule has 0 aliphatic carbocycles. The third kappa shape index (κ3) is 5.36. The van der Waals surface area contributed by atoms with Crippen molar-refractivity contribution >= 4 is 0 Å². The minimum Gasteiger partial charge on any atom is -0.381 e. The van der Waals surface area contributed by atoms with E-state index < -0.39 is 0 Å². The Labute approximate surface area is 76.8 Å². The first-order chi connectivity index (χ1) is 5.72. The lowest BCUT2D eigenvalue weighted by Gasteiger charge is -2.13. The van der Waals surface area contributed by atoms with E-state index in [2.05, 4.69) is 32.9 Å². The monoisotopic (exact) mass is 170 g/mol. The van der Waals surface area contributed by atoms with Crippen LogP contribution < -0.4 is 0 Å². The van der Waals surface area contributed by atoms with Gasteiger partial charge in [-0.3, -0.25) is 0 Å². The van der Waals surface area contributed by atoms with Gasteiger partial charge in [-0.15, -0.1) is 0 Å². The van der Waals surface area contributed by atoms with Crippen LogP contribution in [0.2, 0.25) is 0 Å². The van der Waals surface area contributed by atoms with E-state index in [0.29, 0.717) is 12.0 Å². The smallest absolute Gasteiger partial charge is 0.0603 e. The summed E-state index contributed by atoms with van der Waals surface area (Å²) in [5, 5.41) is 0. The quantitative estimate of drug-likeness (QED) is 0.438. The van der Waals surface area contributed by atoms with Crippen LogP contribution in [-0.2, 0) is 4.74 Å². The molecule has 12 heavy (non-hydrogen) atoms. The van der Waals surface area contributed by atoms with Crippen LogP contribution in [0.5, 0.6) is 0 Å². The van der Waals surface area contributed by atoms with Crippen LogP contribution in [-0.4, -0.2) is 13.2 Å². The first-order valence-electron chi connectivity index (χ1n) is 4.91.